The van der Waals surface area contributed by atoms with Crippen LogP contribution < -0.4 is 0 Å². The molecule has 4 nitrogen and oxygen atoms in total. The van der Waals surface area contributed by atoms with E-state index in [0.29, 0.717) is 6.42 Å². The molecule has 0 heterocycles. The summed E-state index contributed by atoms with van der Waals surface area (Å²) in [5.41, 5.74) is -1.72. The predicted molar refractivity (Wildman–Crippen MR) is 62.4 cm³/mol. The van der Waals surface area contributed by atoms with Gasteiger partial charge in [-0.15, -0.1) is 0 Å². The van der Waals surface area contributed by atoms with Gasteiger partial charge in [-0.2, -0.15) is 0 Å². The van der Waals surface area contributed by atoms with Crippen LogP contribution in [0, 0.1) is 0 Å². The van der Waals surface area contributed by atoms with Crippen molar-refractivity contribution in [3.8, 4) is 0 Å². The maximum absolute atomic E-state index is 10.5. The zero-order valence-corrected chi connectivity index (χ0v) is 11.6. The van der Waals surface area contributed by atoms with Gasteiger partial charge in [0.15, 0.2) is 0 Å². The summed E-state index contributed by atoms with van der Waals surface area (Å²) in [6.07, 6.45) is 0.185. The third-order valence-electron chi connectivity index (χ3n) is 1.59. The van der Waals surface area contributed by atoms with Crippen molar-refractivity contribution >= 4 is 17.0 Å². The summed E-state index contributed by atoms with van der Waals surface area (Å²) in [4.78, 5) is 21.1. The molecule has 0 saturated carbocycles. The van der Waals surface area contributed by atoms with E-state index in [1.165, 1.54) is 0 Å². The number of halogens is 1. The third-order valence-corrected chi connectivity index (χ3v) is 1.68. The van der Waals surface area contributed by atoms with E-state index >= 15 is 0 Å². The SMILES string of the molecule is CC(CC(C)(C)OOC(C)(C)C)OC(=O)Cl. The third kappa shape index (κ3) is 8.95. The minimum absolute atomic E-state index is 0.316. The van der Waals surface area contributed by atoms with Crippen molar-refractivity contribution in [2.75, 3.05) is 0 Å². The van der Waals surface area contributed by atoms with Gasteiger partial charge in [0.1, 0.15) is 11.7 Å². The summed E-state index contributed by atoms with van der Waals surface area (Å²) in [5.74, 6) is 0. The van der Waals surface area contributed by atoms with E-state index < -0.39 is 11.0 Å². The van der Waals surface area contributed by atoms with Crippen molar-refractivity contribution in [3.05, 3.63) is 0 Å². The molecule has 1 atom stereocenters. The number of hydrogen-bond donors (Lipinski definition) is 0. The lowest BCUT2D eigenvalue weighted by atomic mass is 10.0. The predicted octanol–water partition coefficient (Wildman–Crippen LogP) is 3.67. The van der Waals surface area contributed by atoms with Gasteiger partial charge in [-0.3, -0.25) is 0 Å². The lowest BCUT2D eigenvalue weighted by Gasteiger charge is -2.30. The van der Waals surface area contributed by atoms with Crippen LogP contribution in [0.3, 0.4) is 0 Å². The molecule has 0 bridgehead atoms. The molecule has 0 fully saturated rings. The van der Waals surface area contributed by atoms with Gasteiger partial charge in [-0.25, -0.2) is 14.6 Å². The summed E-state index contributed by atoms with van der Waals surface area (Å²) in [5, 5.41) is 0. The van der Waals surface area contributed by atoms with Gasteiger partial charge in [0.25, 0.3) is 0 Å². The molecule has 0 aromatic carbocycles. The highest BCUT2D eigenvalue weighted by atomic mass is 35.5. The lowest BCUT2D eigenvalue weighted by Crippen LogP contribution is -2.34. The Morgan fingerprint density at radius 2 is 1.69 bits per heavy atom. The van der Waals surface area contributed by atoms with Crippen LogP contribution in [0.25, 0.3) is 0 Å². The zero-order chi connectivity index (χ0) is 13.0. The summed E-state index contributed by atoms with van der Waals surface area (Å²) in [6, 6.07) is 0. The lowest BCUT2D eigenvalue weighted by molar-refractivity contribution is -0.399. The van der Waals surface area contributed by atoms with Gasteiger partial charge in [0.05, 0.1) is 5.60 Å². The summed E-state index contributed by atoms with van der Waals surface area (Å²) in [6.45, 7) is 11.2. The van der Waals surface area contributed by atoms with E-state index in [2.05, 4.69) is 0 Å². The van der Waals surface area contributed by atoms with Crippen LogP contribution in [-0.4, -0.2) is 22.7 Å². The number of hydrogen-bond acceptors (Lipinski definition) is 4. The second-order valence-corrected chi connectivity index (χ2v) is 5.72. The summed E-state index contributed by atoms with van der Waals surface area (Å²) in [7, 11) is 0. The van der Waals surface area contributed by atoms with Crippen LogP contribution in [0.1, 0.15) is 48.0 Å². The molecular formula is C11H21ClO4. The van der Waals surface area contributed by atoms with Crippen molar-refractivity contribution in [2.24, 2.45) is 0 Å². The molecule has 0 radical (unpaired) electrons. The number of carbonyl (C=O) groups is 1. The first-order valence-electron chi connectivity index (χ1n) is 5.25. The first kappa shape index (κ1) is 15.7. The Hall–Kier alpha value is -0.320. The van der Waals surface area contributed by atoms with E-state index in [4.69, 9.17) is 26.1 Å². The first-order chi connectivity index (χ1) is 7.02. The van der Waals surface area contributed by atoms with Crippen LogP contribution in [0.2, 0.25) is 0 Å². The van der Waals surface area contributed by atoms with Crippen LogP contribution in [0.15, 0.2) is 0 Å². The Balaban J connectivity index is 4.08. The zero-order valence-electron chi connectivity index (χ0n) is 10.8. The van der Waals surface area contributed by atoms with E-state index in [0.717, 1.165) is 0 Å². The molecule has 0 aromatic heterocycles. The molecule has 0 aliphatic rings. The number of rotatable bonds is 5. The van der Waals surface area contributed by atoms with Gasteiger partial charge in [-0.05, 0) is 41.5 Å². The highest BCUT2D eigenvalue weighted by Gasteiger charge is 2.27. The molecule has 96 valence electrons. The molecule has 0 spiro atoms. The smallest absolute Gasteiger partial charge is 0.404 e. The monoisotopic (exact) mass is 252 g/mol. The molecule has 0 aliphatic heterocycles. The second kappa shape index (κ2) is 5.84. The fraction of sp³-hybridized carbons (Fsp3) is 0.909. The van der Waals surface area contributed by atoms with Crippen LogP contribution in [0.4, 0.5) is 4.79 Å². The normalized spacial score (nSPS) is 14.7. The fourth-order valence-corrected chi connectivity index (χ4v) is 1.32. The Morgan fingerprint density at radius 3 is 2.06 bits per heavy atom. The Bertz CT molecular complexity index is 233. The van der Waals surface area contributed by atoms with Gasteiger partial charge in [0.2, 0.25) is 0 Å². The van der Waals surface area contributed by atoms with Crippen molar-refractivity contribution < 1.29 is 19.3 Å². The number of carbonyl (C=O) groups excluding carboxylic acids is 1. The maximum atomic E-state index is 10.5. The topological polar surface area (TPSA) is 44.8 Å². The van der Waals surface area contributed by atoms with Crippen LogP contribution >= 0.6 is 11.6 Å². The van der Waals surface area contributed by atoms with E-state index in [9.17, 15) is 4.79 Å². The molecule has 0 rings (SSSR count). The molecule has 16 heavy (non-hydrogen) atoms. The first-order valence-corrected chi connectivity index (χ1v) is 5.62. The molecule has 0 amide bonds. The minimum atomic E-state index is -0.806. The van der Waals surface area contributed by atoms with Gasteiger partial charge in [-0.1, -0.05) is 0 Å². The highest BCUT2D eigenvalue weighted by Crippen LogP contribution is 2.22. The summed E-state index contributed by atoms with van der Waals surface area (Å²) >= 11 is 5.12. The van der Waals surface area contributed by atoms with Gasteiger partial charge >= 0.3 is 5.43 Å². The largest absolute Gasteiger partial charge is 0.451 e. The highest BCUT2D eigenvalue weighted by molar-refractivity contribution is 6.61. The van der Waals surface area contributed by atoms with Gasteiger partial charge < -0.3 is 4.74 Å². The van der Waals surface area contributed by atoms with Crippen molar-refractivity contribution in [2.45, 2.75) is 65.3 Å². The molecule has 1 unspecified atom stereocenters. The van der Waals surface area contributed by atoms with Crippen LogP contribution in [-0.2, 0) is 14.5 Å². The molecule has 0 N–H and O–H groups in total. The quantitative estimate of drug-likeness (QED) is 0.425. The standard InChI is InChI=1S/C11H21ClO4/c1-8(14-9(12)13)7-11(5,6)16-15-10(2,3)4/h8H,7H2,1-6H3. The molecule has 5 heteroatoms. The Morgan fingerprint density at radius 1 is 1.19 bits per heavy atom. The van der Waals surface area contributed by atoms with Crippen molar-refractivity contribution in [1.29, 1.82) is 0 Å². The van der Waals surface area contributed by atoms with Crippen molar-refractivity contribution in [1.82, 2.24) is 0 Å². The summed E-state index contributed by atoms with van der Waals surface area (Å²) < 4.78 is 4.81. The molecule has 0 aromatic rings. The Labute approximate surface area is 102 Å². The second-order valence-electron chi connectivity index (χ2n) is 5.41. The molecule has 0 saturated heterocycles. The average Bonchev–Trinajstić information content (AvgIpc) is 1.96. The average molecular weight is 253 g/mol. The minimum Gasteiger partial charge on any atom is -0.451 e. The number of ether oxygens (including phenoxy) is 1. The molecular weight excluding hydrogens is 232 g/mol. The van der Waals surface area contributed by atoms with Crippen molar-refractivity contribution in [3.63, 3.8) is 0 Å². The van der Waals surface area contributed by atoms with Crippen LogP contribution in [0.5, 0.6) is 0 Å². The van der Waals surface area contributed by atoms with Gasteiger partial charge in [0, 0.05) is 18.0 Å². The maximum Gasteiger partial charge on any atom is 0.404 e. The Kier molecular flexibility index (Phi) is 5.73. The molecule has 0 aliphatic carbocycles. The fourth-order valence-electron chi connectivity index (χ4n) is 1.16. The van der Waals surface area contributed by atoms with E-state index in [-0.39, 0.29) is 11.7 Å². The van der Waals surface area contributed by atoms with E-state index in [1.54, 1.807) is 6.92 Å². The van der Waals surface area contributed by atoms with E-state index in [1.807, 2.05) is 34.6 Å².